The van der Waals surface area contributed by atoms with Crippen LogP contribution < -0.4 is 5.73 Å². The van der Waals surface area contributed by atoms with Gasteiger partial charge in [0.15, 0.2) is 0 Å². The number of hydrogen-bond acceptors (Lipinski definition) is 2. The molecule has 0 atom stereocenters. The van der Waals surface area contributed by atoms with Crippen LogP contribution in [0.3, 0.4) is 0 Å². The predicted octanol–water partition coefficient (Wildman–Crippen LogP) is 4.32. The van der Waals surface area contributed by atoms with Crippen molar-refractivity contribution in [2.45, 2.75) is 19.3 Å². The summed E-state index contributed by atoms with van der Waals surface area (Å²) < 4.78 is 0. The van der Waals surface area contributed by atoms with E-state index in [0.29, 0.717) is 34.1 Å². The van der Waals surface area contributed by atoms with E-state index < -0.39 is 0 Å². The molecule has 0 aromatic heterocycles. The van der Waals surface area contributed by atoms with E-state index in [9.17, 15) is 4.79 Å². The third-order valence-corrected chi connectivity index (χ3v) is 3.79. The monoisotopic (exact) mass is 307 g/mol. The normalized spacial score (nSPS) is 10.5. The summed E-state index contributed by atoms with van der Waals surface area (Å²) in [5.74, 6) is 0.113. The highest BCUT2D eigenvalue weighted by atomic mass is 35.5. The molecule has 0 unspecified atom stereocenters. The van der Waals surface area contributed by atoms with Crippen molar-refractivity contribution >= 4 is 34.7 Å². The van der Waals surface area contributed by atoms with Gasteiger partial charge in [-0.15, -0.1) is 0 Å². The number of anilines is 1. The standard InChI is InChI=1S/C16H15Cl2NO/c17-15-5-2-6-16(18)14(15)10-13(20)8-7-11-3-1-4-12(19)9-11/h1-6,9H,7-8,10,19H2. The minimum atomic E-state index is 0.113. The molecule has 2 aromatic rings. The minimum absolute atomic E-state index is 0.113. The molecule has 2 rings (SSSR count). The Morgan fingerprint density at radius 3 is 2.35 bits per heavy atom. The maximum atomic E-state index is 12.0. The number of carbonyl (C=O) groups is 1. The van der Waals surface area contributed by atoms with Gasteiger partial charge in [-0.1, -0.05) is 41.4 Å². The highest BCUT2D eigenvalue weighted by Crippen LogP contribution is 2.25. The second-order valence-corrected chi connectivity index (χ2v) is 5.48. The number of nitrogens with two attached hydrogens (primary N) is 1. The maximum Gasteiger partial charge on any atom is 0.137 e. The molecule has 0 saturated carbocycles. The Morgan fingerprint density at radius 2 is 1.70 bits per heavy atom. The molecule has 0 amide bonds. The van der Waals surface area contributed by atoms with Crippen LogP contribution in [-0.2, 0) is 17.6 Å². The summed E-state index contributed by atoms with van der Waals surface area (Å²) in [7, 11) is 0. The molecule has 20 heavy (non-hydrogen) atoms. The zero-order valence-electron chi connectivity index (χ0n) is 10.9. The van der Waals surface area contributed by atoms with Gasteiger partial charge >= 0.3 is 0 Å². The molecule has 0 saturated heterocycles. The van der Waals surface area contributed by atoms with Gasteiger partial charge in [-0.05, 0) is 41.8 Å². The number of carbonyl (C=O) groups excluding carboxylic acids is 1. The number of nitrogen functional groups attached to an aromatic ring is 1. The van der Waals surface area contributed by atoms with Gasteiger partial charge in [0, 0.05) is 28.6 Å². The second-order valence-electron chi connectivity index (χ2n) is 4.66. The van der Waals surface area contributed by atoms with E-state index in [1.165, 1.54) is 0 Å². The van der Waals surface area contributed by atoms with Crippen LogP contribution in [0.25, 0.3) is 0 Å². The zero-order valence-corrected chi connectivity index (χ0v) is 12.4. The molecule has 0 radical (unpaired) electrons. The zero-order chi connectivity index (χ0) is 14.5. The highest BCUT2D eigenvalue weighted by Gasteiger charge is 2.11. The molecule has 104 valence electrons. The van der Waals surface area contributed by atoms with Gasteiger partial charge < -0.3 is 5.73 Å². The number of Topliss-reactive ketones (excluding diaryl/α,β-unsaturated/α-hetero) is 1. The Balaban J connectivity index is 1.96. The van der Waals surface area contributed by atoms with Gasteiger partial charge in [0.25, 0.3) is 0 Å². The number of halogens is 2. The van der Waals surface area contributed by atoms with Gasteiger partial charge in [0.1, 0.15) is 5.78 Å². The molecule has 0 aliphatic heterocycles. The first-order valence-electron chi connectivity index (χ1n) is 6.35. The van der Waals surface area contributed by atoms with Gasteiger partial charge in [-0.2, -0.15) is 0 Å². The van der Waals surface area contributed by atoms with Crippen molar-refractivity contribution in [3.05, 3.63) is 63.6 Å². The average molecular weight is 308 g/mol. The Morgan fingerprint density at radius 1 is 1.05 bits per heavy atom. The first kappa shape index (κ1) is 14.9. The Kier molecular flexibility index (Phi) is 5.05. The van der Waals surface area contributed by atoms with Gasteiger partial charge in [-0.25, -0.2) is 0 Å². The predicted molar refractivity (Wildman–Crippen MR) is 84.3 cm³/mol. The lowest BCUT2D eigenvalue weighted by molar-refractivity contribution is -0.118. The van der Waals surface area contributed by atoms with E-state index in [1.807, 2.05) is 24.3 Å². The fourth-order valence-corrected chi connectivity index (χ4v) is 2.55. The first-order valence-corrected chi connectivity index (χ1v) is 7.11. The molecule has 0 aliphatic carbocycles. The van der Waals surface area contributed by atoms with Gasteiger partial charge in [0.05, 0.1) is 0 Å². The molecule has 4 heteroatoms. The van der Waals surface area contributed by atoms with E-state index in [2.05, 4.69) is 0 Å². The smallest absolute Gasteiger partial charge is 0.137 e. The summed E-state index contributed by atoms with van der Waals surface area (Å²) in [6.07, 6.45) is 1.39. The number of benzene rings is 2. The fourth-order valence-electron chi connectivity index (χ4n) is 2.02. The van der Waals surface area contributed by atoms with Crippen molar-refractivity contribution in [2.24, 2.45) is 0 Å². The third kappa shape index (κ3) is 3.99. The fraction of sp³-hybridized carbons (Fsp3) is 0.188. The summed E-state index contributed by atoms with van der Waals surface area (Å²) in [5.41, 5.74) is 8.18. The highest BCUT2D eigenvalue weighted by molar-refractivity contribution is 6.36. The van der Waals surface area contributed by atoms with Crippen molar-refractivity contribution in [1.29, 1.82) is 0 Å². The second kappa shape index (κ2) is 6.78. The van der Waals surface area contributed by atoms with E-state index in [4.69, 9.17) is 28.9 Å². The third-order valence-electron chi connectivity index (χ3n) is 3.08. The molecule has 0 fully saturated rings. The minimum Gasteiger partial charge on any atom is -0.399 e. The largest absolute Gasteiger partial charge is 0.399 e. The van der Waals surface area contributed by atoms with Crippen LogP contribution in [-0.4, -0.2) is 5.78 Å². The van der Waals surface area contributed by atoms with Gasteiger partial charge in [-0.3, -0.25) is 4.79 Å². The van der Waals surface area contributed by atoms with Crippen molar-refractivity contribution in [1.82, 2.24) is 0 Å². The average Bonchev–Trinajstić information content (AvgIpc) is 2.41. The Hall–Kier alpha value is -1.51. The van der Waals surface area contributed by atoms with Crippen molar-refractivity contribution in [3.63, 3.8) is 0 Å². The molecule has 2 aromatic carbocycles. The lowest BCUT2D eigenvalue weighted by Gasteiger charge is -2.06. The summed E-state index contributed by atoms with van der Waals surface area (Å²) in [6, 6.07) is 12.8. The van der Waals surface area contributed by atoms with E-state index in [0.717, 1.165) is 5.56 Å². The van der Waals surface area contributed by atoms with Crippen molar-refractivity contribution in [3.8, 4) is 0 Å². The number of aryl methyl sites for hydroxylation is 1. The van der Waals surface area contributed by atoms with Crippen LogP contribution in [0, 0.1) is 0 Å². The molecular formula is C16H15Cl2NO. The van der Waals surface area contributed by atoms with Crippen LogP contribution in [0.4, 0.5) is 5.69 Å². The summed E-state index contributed by atoms with van der Waals surface area (Å²) in [6.45, 7) is 0. The lowest BCUT2D eigenvalue weighted by Crippen LogP contribution is -2.05. The summed E-state index contributed by atoms with van der Waals surface area (Å²) in [5, 5.41) is 1.07. The maximum absolute atomic E-state index is 12.0. The number of ketones is 1. The van der Waals surface area contributed by atoms with Gasteiger partial charge in [0.2, 0.25) is 0 Å². The van der Waals surface area contributed by atoms with E-state index in [-0.39, 0.29) is 12.2 Å². The summed E-state index contributed by atoms with van der Waals surface area (Å²) >= 11 is 12.1. The number of rotatable bonds is 5. The Labute approximate surface area is 128 Å². The van der Waals surface area contributed by atoms with Crippen LogP contribution in [0.15, 0.2) is 42.5 Å². The molecule has 0 aliphatic rings. The first-order chi connectivity index (χ1) is 9.56. The SMILES string of the molecule is Nc1cccc(CCC(=O)Cc2c(Cl)cccc2Cl)c1. The van der Waals surface area contributed by atoms with Crippen LogP contribution in [0.2, 0.25) is 10.0 Å². The quantitative estimate of drug-likeness (QED) is 0.836. The topological polar surface area (TPSA) is 43.1 Å². The van der Waals surface area contributed by atoms with Crippen molar-refractivity contribution in [2.75, 3.05) is 5.73 Å². The van der Waals surface area contributed by atoms with Crippen molar-refractivity contribution < 1.29 is 4.79 Å². The number of hydrogen-bond donors (Lipinski definition) is 1. The lowest BCUT2D eigenvalue weighted by atomic mass is 10.0. The van der Waals surface area contributed by atoms with Crippen LogP contribution in [0.5, 0.6) is 0 Å². The Bertz CT molecular complexity index is 605. The van der Waals surface area contributed by atoms with E-state index >= 15 is 0 Å². The van der Waals surface area contributed by atoms with Crippen LogP contribution in [0.1, 0.15) is 17.5 Å². The molecule has 0 spiro atoms. The molecule has 0 heterocycles. The van der Waals surface area contributed by atoms with E-state index in [1.54, 1.807) is 18.2 Å². The molecule has 2 nitrogen and oxygen atoms in total. The summed E-state index contributed by atoms with van der Waals surface area (Å²) in [4.78, 5) is 12.0. The molecule has 0 bridgehead atoms. The molecule has 2 N–H and O–H groups in total. The van der Waals surface area contributed by atoms with Crippen LogP contribution >= 0.6 is 23.2 Å². The molecular weight excluding hydrogens is 293 g/mol.